The SMILES string of the molecule is COc1ccc(-c2noc(CNc3ncccc3C(N)=O)n2)cc1OC. The van der Waals surface area contributed by atoms with E-state index in [0.29, 0.717) is 34.6 Å². The van der Waals surface area contributed by atoms with Gasteiger partial charge in [-0.2, -0.15) is 4.98 Å². The van der Waals surface area contributed by atoms with Crippen LogP contribution in [0.15, 0.2) is 41.1 Å². The molecule has 0 saturated heterocycles. The lowest BCUT2D eigenvalue weighted by molar-refractivity contribution is 0.100. The molecule has 0 unspecified atom stereocenters. The van der Waals surface area contributed by atoms with Crippen LogP contribution >= 0.6 is 0 Å². The van der Waals surface area contributed by atoms with E-state index in [1.165, 1.54) is 0 Å². The maximum absolute atomic E-state index is 11.4. The maximum Gasteiger partial charge on any atom is 0.252 e. The van der Waals surface area contributed by atoms with Gasteiger partial charge in [-0.3, -0.25) is 4.79 Å². The third kappa shape index (κ3) is 3.56. The number of carbonyl (C=O) groups excluding carboxylic acids is 1. The molecule has 9 nitrogen and oxygen atoms in total. The van der Waals surface area contributed by atoms with Crippen LogP contribution in [0.3, 0.4) is 0 Å². The van der Waals surface area contributed by atoms with Crippen LogP contribution in [0, 0.1) is 0 Å². The lowest BCUT2D eigenvalue weighted by Crippen LogP contribution is -2.15. The average Bonchev–Trinajstić information content (AvgIpc) is 3.15. The number of aromatic nitrogens is 3. The van der Waals surface area contributed by atoms with E-state index >= 15 is 0 Å². The predicted octanol–water partition coefficient (Wildman–Crippen LogP) is 1.86. The molecule has 0 bridgehead atoms. The number of nitrogens with zero attached hydrogens (tertiary/aromatic N) is 3. The summed E-state index contributed by atoms with van der Waals surface area (Å²) in [5.74, 6) is 1.68. The van der Waals surface area contributed by atoms with E-state index in [1.54, 1.807) is 50.7 Å². The predicted molar refractivity (Wildman–Crippen MR) is 92.9 cm³/mol. The molecule has 1 amide bonds. The van der Waals surface area contributed by atoms with E-state index < -0.39 is 5.91 Å². The quantitative estimate of drug-likeness (QED) is 0.658. The molecule has 0 aliphatic heterocycles. The molecule has 3 rings (SSSR count). The van der Waals surface area contributed by atoms with Gasteiger partial charge in [0, 0.05) is 11.8 Å². The van der Waals surface area contributed by atoms with Gasteiger partial charge in [0.05, 0.1) is 26.3 Å². The van der Waals surface area contributed by atoms with Crippen LogP contribution in [0.2, 0.25) is 0 Å². The standard InChI is InChI=1S/C17H17N5O4/c1-24-12-6-5-10(8-13(12)25-2)16-21-14(26-22-16)9-20-17-11(15(18)23)4-3-7-19-17/h3-8H,9H2,1-2H3,(H2,18,23)(H,19,20). The number of rotatable bonds is 7. The number of ether oxygens (including phenoxy) is 2. The van der Waals surface area contributed by atoms with Gasteiger partial charge < -0.3 is 25.0 Å². The molecule has 0 radical (unpaired) electrons. The van der Waals surface area contributed by atoms with Crippen molar-refractivity contribution >= 4 is 11.7 Å². The van der Waals surface area contributed by atoms with Crippen LogP contribution in [0.25, 0.3) is 11.4 Å². The Morgan fingerprint density at radius 2 is 2.04 bits per heavy atom. The zero-order valence-electron chi connectivity index (χ0n) is 14.2. The van der Waals surface area contributed by atoms with Crippen LogP contribution < -0.4 is 20.5 Å². The Morgan fingerprint density at radius 1 is 1.23 bits per heavy atom. The smallest absolute Gasteiger partial charge is 0.252 e. The Balaban J connectivity index is 1.76. The largest absolute Gasteiger partial charge is 0.493 e. The third-order valence-electron chi connectivity index (χ3n) is 3.59. The van der Waals surface area contributed by atoms with Gasteiger partial charge in [-0.15, -0.1) is 0 Å². The summed E-state index contributed by atoms with van der Waals surface area (Å²) in [4.78, 5) is 19.8. The zero-order valence-corrected chi connectivity index (χ0v) is 14.2. The van der Waals surface area contributed by atoms with Crippen LogP contribution in [0.5, 0.6) is 11.5 Å². The Morgan fingerprint density at radius 3 is 2.77 bits per heavy atom. The van der Waals surface area contributed by atoms with Crippen molar-refractivity contribution < 1.29 is 18.8 Å². The molecule has 0 aliphatic carbocycles. The van der Waals surface area contributed by atoms with E-state index in [-0.39, 0.29) is 12.1 Å². The number of carbonyl (C=O) groups is 1. The summed E-state index contributed by atoms with van der Waals surface area (Å²) in [6.45, 7) is 0.192. The van der Waals surface area contributed by atoms with E-state index in [2.05, 4.69) is 20.4 Å². The highest BCUT2D eigenvalue weighted by molar-refractivity contribution is 5.97. The highest BCUT2D eigenvalue weighted by Gasteiger charge is 2.13. The molecule has 2 heterocycles. The highest BCUT2D eigenvalue weighted by atomic mass is 16.5. The monoisotopic (exact) mass is 355 g/mol. The van der Waals surface area contributed by atoms with Gasteiger partial charge in [-0.05, 0) is 30.3 Å². The molecule has 3 aromatic rings. The highest BCUT2D eigenvalue weighted by Crippen LogP contribution is 2.31. The van der Waals surface area contributed by atoms with E-state index in [9.17, 15) is 4.79 Å². The van der Waals surface area contributed by atoms with Crippen molar-refractivity contribution in [1.29, 1.82) is 0 Å². The molecule has 9 heteroatoms. The molecule has 2 aromatic heterocycles. The number of hydrogen-bond acceptors (Lipinski definition) is 8. The van der Waals surface area contributed by atoms with Crippen molar-refractivity contribution in [3.63, 3.8) is 0 Å². The van der Waals surface area contributed by atoms with Crippen molar-refractivity contribution in [2.24, 2.45) is 5.73 Å². The molecule has 134 valence electrons. The Kier molecular flexibility index (Phi) is 4.97. The third-order valence-corrected chi connectivity index (χ3v) is 3.59. The molecule has 3 N–H and O–H groups in total. The summed E-state index contributed by atoms with van der Waals surface area (Å²) < 4.78 is 15.7. The fourth-order valence-electron chi connectivity index (χ4n) is 2.32. The number of primary amides is 1. The minimum absolute atomic E-state index is 0.192. The number of nitrogens with one attached hydrogen (secondary N) is 1. The minimum Gasteiger partial charge on any atom is -0.493 e. The number of amides is 1. The Labute approximate surface area is 149 Å². The average molecular weight is 355 g/mol. The van der Waals surface area contributed by atoms with Gasteiger partial charge in [-0.1, -0.05) is 5.16 Å². The molecule has 0 atom stereocenters. The number of methoxy groups -OCH3 is 2. The molecule has 0 aliphatic rings. The van der Waals surface area contributed by atoms with Crippen molar-refractivity contribution in [3.05, 3.63) is 48.0 Å². The van der Waals surface area contributed by atoms with Gasteiger partial charge in [0.25, 0.3) is 5.91 Å². The van der Waals surface area contributed by atoms with E-state index in [0.717, 1.165) is 0 Å². The number of nitrogens with two attached hydrogens (primary N) is 1. The molecule has 26 heavy (non-hydrogen) atoms. The number of benzene rings is 1. The first kappa shape index (κ1) is 17.2. The molecular weight excluding hydrogens is 338 g/mol. The summed E-state index contributed by atoms with van der Waals surface area (Å²) in [5.41, 5.74) is 6.32. The van der Waals surface area contributed by atoms with Gasteiger partial charge in [0.1, 0.15) is 5.82 Å². The van der Waals surface area contributed by atoms with Crippen molar-refractivity contribution in [1.82, 2.24) is 15.1 Å². The Hall–Kier alpha value is -3.62. The zero-order chi connectivity index (χ0) is 18.5. The van der Waals surface area contributed by atoms with Gasteiger partial charge >= 0.3 is 0 Å². The number of pyridine rings is 1. The number of anilines is 1. The van der Waals surface area contributed by atoms with Crippen molar-refractivity contribution in [2.45, 2.75) is 6.54 Å². The van der Waals surface area contributed by atoms with Crippen molar-refractivity contribution in [2.75, 3.05) is 19.5 Å². The Bertz CT molecular complexity index is 925. The molecule has 0 saturated carbocycles. The summed E-state index contributed by atoms with van der Waals surface area (Å²) in [7, 11) is 3.12. The van der Waals surface area contributed by atoms with Crippen molar-refractivity contribution in [3.8, 4) is 22.9 Å². The molecule has 0 fully saturated rings. The first-order valence-corrected chi connectivity index (χ1v) is 7.66. The first-order valence-electron chi connectivity index (χ1n) is 7.66. The van der Waals surface area contributed by atoms with Crippen LogP contribution in [0.4, 0.5) is 5.82 Å². The minimum atomic E-state index is -0.572. The second-order valence-electron chi connectivity index (χ2n) is 5.20. The molecular formula is C17H17N5O4. The lowest BCUT2D eigenvalue weighted by Gasteiger charge is -2.07. The van der Waals surface area contributed by atoms with Gasteiger partial charge in [0.15, 0.2) is 11.5 Å². The fraction of sp³-hybridized carbons (Fsp3) is 0.176. The van der Waals surface area contributed by atoms with Gasteiger partial charge in [0.2, 0.25) is 11.7 Å². The van der Waals surface area contributed by atoms with Gasteiger partial charge in [-0.25, -0.2) is 4.98 Å². The molecule has 0 spiro atoms. The summed E-state index contributed by atoms with van der Waals surface area (Å²) in [6.07, 6.45) is 1.55. The van der Waals surface area contributed by atoms with E-state index in [4.69, 9.17) is 19.7 Å². The molecule has 1 aromatic carbocycles. The lowest BCUT2D eigenvalue weighted by atomic mass is 10.2. The second kappa shape index (κ2) is 7.51. The van der Waals surface area contributed by atoms with Crippen LogP contribution in [0.1, 0.15) is 16.2 Å². The summed E-state index contributed by atoms with van der Waals surface area (Å²) in [6, 6.07) is 8.53. The summed E-state index contributed by atoms with van der Waals surface area (Å²) >= 11 is 0. The normalized spacial score (nSPS) is 10.4. The second-order valence-corrected chi connectivity index (χ2v) is 5.20. The topological polar surface area (TPSA) is 125 Å². The summed E-state index contributed by atoms with van der Waals surface area (Å²) in [5, 5.41) is 6.92. The number of hydrogen-bond donors (Lipinski definition) is 2. The fourth-order valence-corrected chi connectivity index (χ4v) is 2.32. The van der Waals surface area contributed by atoms with Crippen LogP contribution in [-0.2, 0) is 6.54 Å². The maximum atomic E-state index is 11.4. The van der Waals surface area contributed by atoms with E-state index in [1.807, 2.05) is 0 Å². The first-order chi connectivity index (χ1) is 12.6. The van der Waals surface area contributed by atoms with Crippen LogP contribution in [-0.4, -0.2) is 35.3 Å².